The maximum Gasteiger partial charge on any atom is 0.254 e. The Hall–Kier alpha value is -5.55. The molecule has 51 heavy (non-hydrogen) atoms. The third-order valence-electron chi connectivity index (χ3n) is 9.39. The number of carbonyl (C=O) groups excluding carboxylic acids is 3. The Balaban J connectivity index is 1.49. The Bertz CT molecular complexity index is 2080. The predicted molar refractivity (Wildman–Crippen MR) is 197 cm³/mol. The van der Waals surface area contributed by atoms with E-state index in [4.69, 9.17) is 20.2 Å². The Morgan fingerprint density at radius 1 is 1.06 bits per heavy atom. The second-order valence-electron chi connectivity index (χ2n) is 12.9. The molecule has 1 aliphatic rings. The number of rotatable bonds is 13. The molecule has 3 heterocycles. The molecule has 3 N–H and O–H groups in total. The lowest BCUT2D eigenvalue weighted by molar-refractivity contribution is 0.0729. The van der Waals surface area contributed by atoms with Gasteiger partial charge in [0.2, 0.25) is 5.91 Å². The van der Waals surface area contributed by atoms with E-state index in [0.717, 1.165) is 69.4 Å². The van der Waals surface area contributed by atoms with Gasteiger partial charge in [-0.25, -0.2) is 9.67 Å². The number of hydrogen-bond donors (Lipinski definition) is 2. The van der Waals surface area contributed by atoms with Crippen molar-refractivity contribution in [1.29, 1.82) is 0 Å². The lowest BCUT2D eigenvalue weighted by Gasteiger charge is -2.29. The number of pyridine rings is 1. The largest absolute Gasteiger partial charge is 0.496 e. The quantitative estimate of drug-likeness (QED) is 0.137. The van der Waals surface area contributed by atoms with Crippen molar-refractivity contribution in [2.24, 2.45) is 5.73 Å². The van der Waals surface area contributed by atoms with Crippen molar-refractivity contribution >= 4 is 34.8 Å². The molecule has 264 valence electrons. The first-order chi connectivity index (χ1) is 24.7. The van der Waals surface area contributed by atoms with Gasteiger partial charge in [-0.1, -0.05) is 31.2 Å². The molecule has 5 aromatic rings. The fourth-order valence-corrected chi connectivity index (χ4v) is 6.78. The second-order valence-corrected chi connectivity index (χ2v) is 12.9. The number of fused-ring (bicyclic) bond motifs is 1. The molecule has 0 radical (unpaired) electrons. The number of aryl methyl sites for hydroxylation is 3. The van der Waals surface area contributed by atoms with Crippen LogP contribution in [0.2, 0.25) is 0 Å². The number of hydrogen-bond acceptors (Lipinski definition) is 8. The van der Waals surface area contributed by atoms with Crippen LogP contribution < -0.4 is 15.8 Å². The Kier molecular flexibility index (Phi) is 10.8. The van der Waals surface area contributed by atoms with Crippen molar-refractivity contribution in [2.45, 2.75) is 65.7 Å². The van der Waals surface area contributed by atoms with E-state index in [1.807, 2.05) is 61.1 Å². The predicted octanol–water partition coefficient (Wildman–Crippen LogP) is 6.34. The molecule has 0 atom stereocenters. The van der Waals surface area contributed by atoms with Crippen molar-refractivity contribution in [2.75, 3.05) is 25.6 Å². The molecule has 0 spiro atoms. The van der Waals surface area contributed by atoms with Gasteiger partial charge in [0.1, 0.15) is 12.0 Å². The molecule has 2 aromatic heterocycles. The first-order valence-corrected chi connectivity index (χ1v) is 17.4. The van der Waals surface area contributed by atoms with E-state index in [0.29, 0.717) is 43.1 Å². The van der Waals surface area contributed by atoms with Gasteiger partial charge in [0.05, 0.1) is 30.9 Å². The number of ether oxygens (including phenoxy) is 2. The highest BCUT2D eigenvalue weighted by molar-refractivity contribution is 6.00. The minimum atomic E-state index is -0.601. The zero-order valence-electron chi connectivity index (χ0n) is 29.6. The first-order valence-electron chi connectivity index (χ1n) is 17.4. The van der Waals surface area contributed by atoms with E-state index < -0.39 is 5.91 Å². The Morgan fingerprint density at radius 3 is 2.55 bits per heavy atom. The minimum absolute atomic E-state index is 0.183. The second kappa shape index (κ2) is 15.6. The third-order valence-corrected chi connectivity index (χ3v) is 9.39. The van der Waals surface area contributed by atoms with Gasteiger partial charge >= 0.3 is 0 Å². The summed E-state index contributed by atoms with van der Waals surface area (Å²) < 4.78 is 13.3. The van der Waals surface area contributed by atoms with Gasteiger partial charge in [-0.2, -0.15) is 5.10 Å². The smallest absolute Gasteiger partial charge is 0.254 e. The van der Waals surface area contributed by atoms with Crippen molar-refractivity contribution < 1.29 is 23.9 Å². The standard InChI is InChI=1S/C40H44N6O5/c1-5-35-34(37(43-31-12-14-51-15-13-31)33-21-42-46(6-2)39(33)44-35)23-45(40(49)30-17-25(3)16-29(20-30)38(41)48)22-26-10-11-36(50-4)32(19-26)28-9-7-8-27(18-28)24-47/h7-11,16-21,24,31H,5-6,12-15,22-23H2,1-4H3,(H2,41,48)(H,43,44). The molecule has 11 heteroatoms. The van der Waals surface area contributed by atoms with E-state index in [1.54, 1.807) is 36.3 Å². The van der Waals surface area contributed by atoms with Gasteiger partial charge in [0.15, 0.2) is 5.65 Å². The molecular formula is C40H44N6O5. The van der Waals surface area contributed by atoms with Gasteiger partial charge in [0.25, 0.3) is 5.91 Å². The Morgan fingerprint density at radius 2 is 1.84 bits per heavy atom. The molecule has 1 saturated heterocycles. The summed E-state index contributed by atoms with van der Waals surface area (Å²) in [5.41, 5.74) is 13.6. The summed E-state index contributed by atoms with van der Waals surface area (Å²) in [4.78, 5) is 45.5. The maximum absolute atomic E-state index is 14.7. The average molecular weight is 689 g/mol. The van der Waals surface area contributed by atoms with Crippen LogP contribution in [0.4, 0.5) is 5.69 Å². The number of benzene rings is 3. The normalized spacial score (nSPS) is 13.3. The van der Waals surface area contributed by atoms with E-state index >= 15 is 0 Å². The third kappa shape index (κ3) is 7.63. The zero-order valence-corrected chi connectivity index (χ0v) is 29.6. The van der Waals surface area contributed by atoms with Crippen LogP contribution in [0, 0.1) is 6.92 Å². The fraction of sp³-hybridized carbons (Fsp3) is 0.325. The number of nitrogens with two attached hydrogens (primary N) is 1. The molecule has 11 nitrogen and oxygen atoms in total. The van der Waals surface area contributed by atoms with Gasteiger partial charge in [0, 0.05) is 65.9 Å². The van der Waals surface area contributed by atoms with Crippen LogP contribution in [0.15, 0.2) is 66.9 Å². The number of nitrogens with zero attached hydrogens (tertiary/aromatic N) is 4. The van der Waals surface area contributed by atoms with Crippen molar-refractivity contribution in [3.8, 4) is 16.9 Å². The molecule has 3 aromatic carbocycles. The van der Waals surface area contributed by atoms with Crippen LogP contribution in [0.25, 0.3) is 22.2 Å². The monoisotopic (exact) mass is 688 g/mol. The first kappa shape index (κ1) is 35.3. The van der Waals surface area contributed by atoms with Gasteiger partial charge in [-0.3, -0.25) is 14.4 Å². The van der Waals surface area contributed by atoms with Crippen LogP contribution in [0.1, 0.15) is 80.1 Å². The molecule has 0 unspecified atom stereocenters. The number of carbonyl (C=O) groups is 3. The molecule has 1 fully saturated rings. The summed E-state index contributed by atoms with van der Waals surface area (Å²) in [6, 6.07) is 18.3. The number of methoxy groups -OCH3 is 1. The van der Waals surface area contributed by atoms with Crippen molar-refractivity contribution in [3.63, 3.8) is 0 Å². The highest BCUT2D eigenvalue weighted by Gasteiger charge is 2.26. The number of anilines is 1. The minimum Gasteiger partial charge on any atom is -0.496 e. The van der Waals surface area contributed by atoms with E-state index in [-0.39, 0.29) is 30.6 Å². The number of aldehydes is 1. The number of amides is 2. The van der Waals surface area contributed by atoms with Crippen LogP contribution in [-0.2, 0) is 30.8 Å². The van der Waals surface area contributed by atoms with Crippen LogP contribution in [0.5, 0.6) is 5.75 Å². The summed E-state index contributed by atoms with van der Waals surface area (Å²) in [5, 5.41) is 9.37. The molecule has 1 aliphatic heterocycles. The highest BCUT2D eigenvalue weighted by atomic mass is 16.5. The molecule has 0 saturated carbocycles. The van der Waals surface area contributed by atoms with Crippen molar-refractivity contribution in [3.05, 3.63) is 106 Å². The molecule has 6 rings (SSSR count). The SMILES string of the molecule is CCc1nc2c(cnn2CC)c(NC2CCOCC2)c1CN(Cc1ccc(OC)c(-c2cccc(C=O)c2)c1)C(=O)c1cc(C)cc(C(N)=O)c1. The van der Waals surface area contributed by atoms with E-state index in [9.17, 15) is 14.4 Å². The molecular weight excluding hydrogens is 644 g/mol. The maximum atomic E-state index is 14.7. The van der Waals surface area contributed by atoms with Gasteiger partial charge in [-0.15, -0.1) is 0 Å². The fourth-order valence-electron chi connectivity index (χ4n) is 6.78. The lowest BCUT2D eigenvalue weighted by atomic mass is 9.99. The summed E-state index contributed by atoms with van der Waals surface area (Å²) in [7, 11) is 1.61. The number of nitrogens with one attached hydrogen (secondary N) is 1. The van der Waals surface area contributed by atoms with Gasteiger partial charge < -0.3 is 25.4 Å². The number of aromatic nitrogens is 3. The van der Waals surface area contributed by atoms with Crippen LogP contribution >= 0.6 is 0 Å². The molecule has 0 bridgehead atoms. The molecule has 0 aliphatic carbocycles. The Labute approximate surface area is 297 Å². The topological polar surface area (TPSA) is 142 Å². The molecule has 2 amide bonds. The zero-order chi connectivity index (χ0) is 36.1. The highest BCUT2D eigenvalue weighted by Crippen LogP contribution is 2.35. The summed E-state index contributed by atoms with van der Waals surface area (Å²) in [5.74, 6) is -0.219. The van der Waals surface area contributed by atoms with Crippen molar-refractivity contribution in [1.82, 2.24) is 19.7 Å². The summed E-state index contributed by atoms with van der Waals surface area (Å²) >= 11 is 0. The number of primary amides is 1. The summed E-state index contributed by atoms with van der Waals surface area (Å²) in [6.45, 7) is 8.43. The van der Waals surface area contributed by atoms with E-state index in [2.05, 4.69) is 17.3 Å². The lowest BCUT2D eigenvalue weighted by Crippen LogP contribution is -2.33. The van der Waals surface area contributed by atoms with Crippen LogP contribution in [0.3, 0.4) is 0 Å². The van der Waals surface area contributed by atoms with Crippen LogP contribution in [-0.4, -0.2) is 64.1 Å². The average Bonchev–Trinajstić information content (AvgIpc) is 3.57. The van der Waals surface area contributed by atoms with Gasteiger partial charge in [-0.05, 0) is 86.2 Å². The van der Waals surface area contributed by atoms with E-state index in [1.165, 1.54) is 0 Å². The summed E-state index contributed by atoms with van der Waals surface area (Å²) in [6.07, 6.45) is 5.02.